The van der Waals surface area contributed by atoms with E-state index in [1.807, 2.05) is 30.0 Å². The molecule has 0 bridgehead atoms. The van der Waals surface area contributed by atoms with Crippen molar-refractivity contribution in [3.63, 3.8) is 0 Å². The number of carbonyl (C=O) groups is 1. The third-order valence-corrected chi connectivity index (χ3v) is 5.19. The standard InChI is InChI=1S/C18H24N6O2/c1-22(2)13-11-16(20-19-12-13)23-7-9-24(10-8-23)18(25)17-14-5-3-4-6-15(14)26-21-17/h11-12H,3-10H2,1-2H3. The van der Waals surface area contributed by atoms with Gasteiger partial charge in [-0.1, -0.05) is 5.16 Å². The van der Waals surface area contributed by atoms with Gasteiger partial charge < -0.3 is 19.2 Å². The number of piperazine rings is 1. The largest absolute Gasteiger partial charge is 0.376 e. The van der Waals surface area contributed by atoms with Crippen LogP contribution in [0.15, 0.2) is 16.8 Å². The first-order chi connectivity index (χ1) is 12.6. The molecule has 0 N–H and O–H groups in total. The zero-order chi connectivity index (χ0) is 18.1. The molecule has 0 spiro atoms. The Bertz CT molecular complexity index is 795. The first-order valence-electron chi connectivity index (χ1n) is 9.15. The molecular formula is C18H24N6O2. The molecule has 1 aliphatic heterocycles. The van der Waals surface area contributed by atoms with E-state index >= 15 is 0 Å². The van der Waals surface area contributed by atoms with Gasteiger partial charge in [-0.25, -0.2) is 0 Å². The van der Waals surface area contributed by atoms with Crippen molar-refractivity contribution in [1.82, 2.24) is 20.3 Å². The van der Waals surface area contributed by atoms with Crippen LogP contribution in [0.3, 0.4) is 0 Å². The third-order valence-electron chi connectivity index (χ3n) is 5.19. The van der Waals surface area contributed by atoms with Crippen LogP contribution in [0.25, 0.3) is 0 Å². The van der Waals surface area contributed by atoms with Gasteiger partial charge >= 0.3 is 0 Å². The average Bonchev–Trinajstić information content (AvgIpc) is 3.12. The summed E-state index contributed by atoms with van der Waals surface area (Å²) in [6.07, 6.45) is 5.75. The maximum absolute atomic E-state index is 12.9. The van der Waals surface area contributed by atoms with Crippen molar-refractivity contribution in [3.8, 4) is 0 Å². The second-order valence-corrected chi connectivity index (χ2v) is 7.09. The van der Waals surface area contributed by atoms with Crippen molar-refractivity contribution in [2.24, 2.45) is 0 Å². The highest BCUT2D eigenvalue weighted by Gasteiger charge is 2.29. The van der Waals surface area contributed by atoms with Crippen molar-refractivity contribution in [2.45, 2.75) is 25.7 Å². The molecule has 1 amide bonds. The summed E-state index contributed by atoms with van der Waals surface area (Å²) in [5.74, 6) is 1.74. The first kappa shape index (κ1) is 16.8. The molecule has 0 unspecified atom stereocenters. The highest BCUT2D eigenvalue weighted by Crippen LogP contribution is 2.26. The molecule has 0 radical (unpaired) electrons. The van der Waals surface area contributed by atoms with Gasteiger partial charge in [-0.05, 0) is 19.3 Å². The maximum atomic E-state index is 12.9. The van der Waals surface area contributed by atoms with Gasteiger partial charge in [0.25, 0.3) is 5.91 Å². The predicted octanol–water partition coefficient (Wildman–Crippen LogP) is 1.37. The fourth-order valence-corrected chi connectivity index (χ4v) is 3.59. The molecule has 138 valence electrons. The summed E-state index contributed by atoms with van der Waals surface area (Å²) >= 11 is 0. The second-order valence-electron chi connectivity index (χ2n) is 7.09. The Hall–Kier alpha value is -2.64. The Morgan fingerprint density at radius 3 is 2.69 bits per heavy atom. The fraction of sp³-hybridized carbons (Fsp3) is 0.556. The van der Waals surface area contributed by atoms with Crippen LogP contribution in [0.1, 0.15) is 34.7 Å². The Kier molecular flexibility index (Phi) is 4.48. The van der Waals surface area contributed by atoms with E-state index in [-0.39, 0.29) is 5.91 Å². The van der Waals surface area contributed by atoms with Crippen molar-refractivity contribution >= 4 is 17.4 Å². The molecule has 1 saturated heterocycles. The van der Waals surface area contributed by atoms with Crippen LogP contribution in [0.4, 0.5) is 11.5 Å². The van der Waals surface area contributed by atoms with Crippen LogP contribution in [0.5, 0.6) is 0 Å². The summed E-state index contributed by atoms with van der Waals surface area (Å²) in [7, 11) is 3.96. The number of hydrogen-bond donors (Lipinski definition) is 0. The van der Waals surface area contributed by atoms with Crippen LogP contribution in [0.2, 0.25) is 0 Å². The number of nitrogens with zero attached hydrogens (tertiary/aromatic N) is 6. The Morgan fingerprint density at radius 2 is 1.92 bits per heavy atom. The lowest BCUT2D eigenvalue weighted by molar-refractivity contribution is 0.0735. The van der Waals surface area contributed by atoms with Gasteiger partial charge in [-0.15, -0.1) is 5.10 Å². The SMILES string of the molecule is CN(C)c1cnnc(N2CCN(C(=O)c3noc4c3CCCC4)CC2)c1. The average molecular weight is 356 g/mol. The van der Waals surface area contributed by atoms with Gasteiger partial charge in [0.05, 0.1) is 11.9 Å². The number of hydrogen-bond acceptors (Lipinski definition) is 7. The van der Waals surface area contributed by atoms with E-state index in [0.717, 1.165) is 61.6 Å². The van der Waals surface area contributed by atoms with E-state index in [4.69, 9.17) is 4.52 Å². The zero-order valence-electron chi connectivity index (χ0n) is 15.3. The molecule has 1 fully saturated rings. The molecule has 3 heterocycles. The molecule has 0 atom stereocenters. The topological polar surface area (TPSA) is 78.6 Å². The lowest BCUT2D eigenvalue weighted by atomic mass is 9.96. The number of aryl methyl sites for hydroxylation is 1. The molecule has 2 aliphatic rings. The highest BCUT2D eigenvalue weighted by molar-refractivity contribution is 5.94. The lowest BCUT2D eigenvalue weighted by Crippen LogP contribution is -2.49. The molecule has 2 aromatic rings. The summed E-state index contributed by atoms with van der Waals surface area (Å²) < 4.78 is 5.39. The number of rotatable bonds is 3. The van der Waals surface area contributed by atoms with Crippen molar-refractivity contribution in [2.75, 3.05) is 50.1 Å². The lowest BCUT2D eigenvalue weighted by Gasteiger charge is -2.35. The number of fused-ring (bicyclic) bond motifs is 1. The molecule has 0 saturated carbocycles. The van der Waals surface area contributed by atoms with E-state index in [1.165, 1.54) is 0 Å². The Labute approximate surface area is 152 Å². The summed E-state index contributed by atoms with van der Waals surface area (Å²) in [6, 6.07) is 2.03. The van der Waals surface area contributed by atoms with Crippen molar-refractivity contribution in [3.05, 3.63) is 29.3 Å². The normalized spacial score (nSPS) is 17.2. The van der Waals surface area contributed by atoms with Gasteiger partial charge in [0.1, 0.15) is 5.76 Å². The van der Waals surface area contributed by atoms with E-state index in [1.54, 1.807) is 6.20 Å². The van der Waals surface area contributed by atoms with Gasteiger partial charge in [-0.3, -0.25) is 4.79 Å². The predicted molar refractivity (Wildman–Crippen MR) is 97.6 cm³/mol. The van der Waals surface area contributed by atoms with Gasteiger partial charge in [0.15, 0.2) is 11.5 Å². The molecule has 26 heavy (non-hydrogen) atoms. The van der Waals surface area contributed by atoms with Crippen molar-refractivity contribution < 1.29 is 9.32 Å². The zero-order valence-corrected chi connectivity index (χ0v) is 15.3. The number of amides is 1. The van der Waals surface area contributed by atoms with E-state index in [2.05, 4.69) is 20.3 Å². The first-order valence-corrected chi connectivity index (χ1v) is 9.15. The smallest absolute Gasteiger partial charge is 0.276 e. The summed E-state index contributed by atoms with van der Waals surface area (Å²) in [6.45, 7) is 2.76. The van der Waals surface area contributed by atoms with Crippen LogP contribution < -0.4 is 9.80 Å². The molecule has 0 aromatic carbocycles. The van der Waals surface area contributed by atoms with Gasteiger partial charge in [-0.2, -0.15) is 5.10 Å². The Morgan fingerprint density at radius 1 is 1.15 bits per heavy atom. The number of aromatic nitrogens is 3. The van der Waals surface area contributed by atoms with Gasteiger partial charge in [0, 0.05) is 58.3 Å². The molecule has 4 rings (SSSR count). The Balaban J connectivity index is 1.43. The molecular weight excluding hydrogens is 332 g/mol. The van der Waals surface area contributed by atoms with Crippen molar-refractivity contribution in [1.29, 1.82) is 0 Å². The second kappa shape index (κ2) is 6.93. The third kappa shape index (κ3) is 3.11. The highest BCUT2D eigenvalue weighted by atomic mass is 16.5. The summed E-state index contributed by atoms with van der Waals surface area (Å²) in [4.78, 5) is 18.9. The summed E-state index contributed by atoms with van der Waals surface area (Å²) in [5, 5.41) is 12.4. The van der Waals surface area contributed by atoms with E-state index < -0.39 is 0 Å². The minimum atomic E-state index is -0.00956. The van der Waals surface area contributed by atoms with E-state index in [9.17, 15) is 4.79 Å². The van der Waals surface area contributed by atoms with Crippen LogP contribution in [0, 0.1) is 0 Å². The molecule has 2 aromatic heterocycles. The van der Waals surface area contributed by atoms with Crippen LogP contribution >= 0.6 is 0 Å². The molecule has 8 heteroatoms. The quantitative estimate of drug-likeness (QED) is 0.822. The summed E-state index contributed by atoms with van der Waals surface area (Å²) in [5.41, 5.74) is 2.55. The maximum Gasteiger partial charge on any atom is 0.276 e. The molecule has 8 nitrogen and oxygen atoms in total. The number of anilines is 2. The fourth-order valence-electron chi connectivity index (χ4n) is 3.59. The monoisotopic (exact) mass is 356 g/mol. The minimum Gasteiger partial charge on any atom is -0.376 e. The van der Waals surface area contributed by atoms with Gasteiger partial charge in [0.2, 0.25) is 0 Å². The minimum absolute atomic E-state index is 0.00956. The van der Waals surface area contributed by atoms with Crippen LogP contribution in [-0.4, -0.2) is 66.4 Å². The number of carbonyl (C=O) groups excluding carboxylic acids is 1. The van der Waals surface area contributed by atoms with E-state index in [0.29, 0.717) is 18.8 Å². The molecule has 1 aliphatic carbocycles. The van der Waals surface area contributed by atoms with Crippen LogP contribution in [-0.2, 0) is 12.8 Å².